The van der Waals surface area contributed by atoms with E-state index in [-0.39, 0.29) is 5.91 Å². The van der Waals surface area contributed by atoms with Crippen LogP contribution in [0.5, 0.6) is 0 Å². The van der Waals surface area contributed by atoms with Gasteiger partial charge in [0, 0.05) is 24.1 Å². The second-order valence-electron chi connectivity index (χ2n) is 7.39. The van der Waals surface area contributed by atoms with Crippen LogP contribution in [-0.2, 0) is 0 Å². The number of imidazole rings is 1. The van der Waals surface area contributed by atoms with E-state index in [1.54, 1.807) is 19.1 Å². The fourth-order valence-corrected chi connectivity index (χ4v) is 4.05. The lowest BCUT2D eigenvalue weighted by molar-refractivity contribution is 0.102. The topological polar surface area (TPSA) is 85.8 Å². The average Bonchev–Trinajstić information content (AvgIpc) is 3.47. The van der Waals surface area contributed by atoms with Gasteiger partial charge in [-0.2, -0.15) is 0 Å². The first-order chi connectivity index (χ1) is 14.2. The summed E-state index contributed by atoms with van der Waals surface area (Å²) in [5.41, 5.74) is 3.18. The third-order valence-electron chi connectivity index (χ3n) is 5.41. The molecule has 0 bridgehead atoms. The van der Waals surface area contributed by atoms with Gasteiger partial charge in [-0.15, -0.1) is 10.2 Å². The van der Waals surface area contributed by atoms with Crippen molar-refractivity contribution in [3.05, 3.63) is 60.0 Å². The van der Waals surface area contributed by atoms with Gasteiger partial charge in [-0.1, -0.05) is 31.0 Å². The number of anilines is 1. The molecule has 1 fully saturated rings. The van der Waals surface area contributed by atoms with Gasteiger partial charge < -0.3 is 8.98 Å². The van der Waals surface area contributed by atoms with Crippen LogP contribution in [0.3, 0.4) is 0 Å². The van der Waals surface area contributed by atoms with E-state index in [0.29, 0.717) is 34.9 Å². The summed E-state index contributed by atoms with van der Waals surface area (Å²) in [6.45, 7) is 1.74. The number of hydrogen-bond donors (Lipinski definition) is 1. The number of hydrogen-bond acceptors (Lipinski definition) is 5. The minimum Gasteiger partial charge on any atom is -0.421 e. The van der Waals surface area contributed by atoms with Crippen molar-refractivity contribution in [3.8, 4) is 11.5 Å². The fraction of sp³-hybridized carbons (Fsp3) is 0.273. The van der Waals surface area contributed by atoms with Crippen molar-refractivity contribution in [3.63, 3.8) is 0 Å². The Bertz CT molecular complexity index is 1190. The first kappa shape index (κ1) is 17.6. The highest BCUT2D eigenvalue weighted by atomic mass is 16.4. The number of para-hydroxylation sites is 2. The van der Waals surface area contributed by atoms with Crippen molar-refractivity contribution in [1.29, 1.82) is 0 Å². The van der Waals surface area contributed by atoms with Gasteiger partial charge in [0.05, 0.1) is 11.0 Å². The van der Waals surface area contributed by atoms with Gasteiger partial charge in [0.2, 0.25) is 17.7 Å². The molecule has 0 unspecified atom stereocenters. The molecule has 1 aliphatic rings. The van der Waals surface area contributed by atoms with Crippen molar-refractivity contribution in [2.45, 2.75) is 38.6 Å². The molecule has 7 nitrogen and oxygen atoms in total. The summed E-state index contributed by atoms with van der Waals surface area (Å²) in [7, 11) is 0. The third-order valence-corrected chi connectivity index (χ3v) is 5.41. The van der Waals surface area contributed by atoms with Crippen molar-refractivity contribution >= 4 is 22.9 Å². The van der Waals surface area contributed by atoms with Gasteiger partial charge >= 0.3 is 0 Å². The molecule has 2 aromatic carbocycles. The maximum absolute atomic E-state index is 13.0. The Morgan fingerprint density at radius 3 is 2.72 bits per heavy atom. The van der Waals surface area contributed by atoms with Crippen LogP contribution in [0.1, 0.15) is 48.0 Å². The molecule has 29 heavy (non-hydrogen) atoms. The molecule has 0 radical (unpaired) electrons. The zero-order valence-corrected chi connectivity index (χ0v) is 16.1. The quantitative estimate of drug-likeness (QED) is 0.545. The number of carbonyl (C=O) groups excluding carboxylic acids is 1. The van der Waals surface area contributed by atoms with E-state index in [9.17, 15) is 4.79 Å². The average molecular weight is 387 g/mol. The lowest BCUT2D eigenvalue weighted by Crippen LogP contribution is -2.17. The lowest BCUT2D eigenvalue weighted by atomic mass is 10.1. The predicted molar refractivity (Wildman–Crippen MR) is 110 cm³/mol. The normalized spacial score (nSPS) is 14.5. The summed E-state index contributed by atoms with van der Waals surface area (Å²) in [5.74, 6) is 1.27. The Kier molecular flexibility index (Phi) is 4.35. The Labute approximate surface area is 167 Å². The molecule has 4 aromatic rings. The molecule has 1 N–H and O–H groups in total. The predicted octanol–water partition coefficient (Wildman–Crippen LogP) is 4.76. The Morgan fingerprint density at radius 1 is 1.10 bits per heavy atom. The molecule has 1 saturated carbocycles. The van der Waals surface area contributed by atoms with Crippen molar-refractivity contribution < 1.29 is 9.21 Å². The van der Waals surface area contributed by atoms with Crippen molar-refractivity contribution in [1.82, 2.24) is 19.7 Å². The van der Waals surface area contributed by atoms with E-state index >= 15 is 0 Å². The maximum Gasteiger partial charge on any atom is 0.257 e. The molecule has 7 heteroatoms. The third kappa shape index (κ3) is 3.29. The molecule has 1 amide bonds. The molecule has 1 aliphatic carbocycles. The molecule has 0 spiro atoms. The number of nitrogens with zero attached hydrogens (tertiary/aromatic N) is 4. The van der Waals surface area contributed by atoms with E-state index in [0.717, 1.165) is 23.9 Å². The Balaban J connectivity index is 1.48. The largest absolute Gasteiger partial charge is 0.421 e. The van der Waals surface area contributed by atoms with Crippen LogP contribution in [0.2, 0.25) is 0 Å². The van der Waals surface area contributed by atoms with Crippen LogP contribution in [-0.4, -0.2) is 25.7 Å². The first-order valence-electron chi connectivity index (χ1n) is 9.88. The SMILES string of the molecule is Cc1nnc(-c2cccc(C(=O)Nc3nc4ccccc4n3C3CCCC3)c2)o1. The van der Waals surface area contributed by atoms with E-state index in [1.165, 1.54) is 12.8 Å². The van der Waals surface area contributed by atoms with Gasteiger partial charge in [0.25, 0.3) is 5.91 Å². The number of aromatic nitrogens is 4. The summed E-state index contributed by atoms with van der Waals surface area (Å²) >= 11 is 0. The lowest BCUT2D eigenvalue weighted by Gasteiger charge is -2.16. The van der Waals surface area contributed by atoms with Crippen LogP contribution in [0.25, 0.3) is 22.5 Å². The number of carbonyl (C=O) groups is 1. The number of fused-ring (bicyclic) bond motifs is 1. The highest BCUT2D eigenvalue weighted by Crippen LogP contribution is 2.35. The minimum atomic E-state index is -0.211. The van der Waals surface area contributed by atoms with Crippen LogP contribution in [0, 0.1) is 6.92 Å². The molecular formula is C22H21N5O2. The molecule has 146 valence electrons. The van der Waals surface area contributed by atoms with Crippen LogP contribution in [0.4, 0.5) is 5.95 Å². The van der Waals surface area contributed by atoms with Gasteiger partial charge in [-0.25, -0.2) is 4.98 Å². The van der Waals surface area contributed by atoms with E-state index in [4.69, 9.17) is 9.40 Å². The van der Waals surface area contributed by atoms with Crippen molar-refractivity contribution in [2.24, 2.45) is 0 Å². The molecule has 2 heterocycles. The van der Waals surface area contributed by atoms with Gasteiger partial charge in [0.15, 0.2) is 0 Å². The Hall–Kier alpha value is -3.48. The summed E-state index contributed by atoms with van der Waals surface area (Å²) in [6.07, 6.45) is 4.62. The zero-order chi connectivity index (χ0) is 19.8. The Morgan fingerprint density at radius 2 is 1.93 bits per heavy atom. The van der Waals surface area contributed by atoms with Gasteiger partial charge in [0.1, 0.15) is 0 Å². The van der Waals surface area contributed by atoms with Crippen LogP contribution >= 0.6 is 0 Å². The molecule has 0 aliphatic heterocycles. The molecule has 5 rings (SSSR count). The summed E-state index contributed by atoms with van der Waals surface area (Å²) in [6, 6.07) is 15.6. The molecule has 2 aromatic heterocycles. The highest BCUT2D eigenvalue weighted by Gasteiger charge is 2.24. The molecule has 0 saturated heterocycles. The summed E-state index contributed by atoms with van der Waals surface area (Å²) in [5, 5.41) is 10.9. The highest BCUT2D eigenvalue weighted by molar-refractivity contribution is 6.04. The summed E-state index contributed by atoms with van der Waals surface area (Å²) < 4.78 is 7.66. The fourth-order valence-electron chi connectivity index (χ4n) is 4.05. The van der Waals surface area contributed by atoms with Crippen LogP contribution < -0.4 is 5.32 Å². The molecule has 0 atom stereocenters. The number of aryl methyl sites for hydroxylation is 1. The van der Waals surface area contributed by atoms with Gasteiger partial charge in [-0.3, -0.25) is 10.1 Å². The number of benzene rings is 2. The number of nitrogens with one attached hydrogen (secondary N) is 1. The smallest absolute Gasteiger partial charge is 0.257 e. The van der Waals surface area contributed by atoms with Crippen molar-refractivity contribution in [2.75, 3.05) is 5.32 Å². The summed E-state index contributed by atoms with van der Waals surface area (Å²) in [4.78, 5) is 17.7. The second kappa shape index (κ2) is 7.16. The van der Waals surface area contributed by atoms with Gasteiger partial charge in [-0.05, 0) is 43.2 Å². The number of amides is 1. The standard InChI is InChI=1S/C22H21N5O2/c1-14-25-26-21(29-14)16-8-6-7-15(13-16)20(28)24-22-23-18-11-4-5-12-19(18)27(22)17-9-2-3-10-17/h4-8,11-13,17H,2-3,9-10H2,1H3,(H,23,24,28). The maximum atomic E-state index is 13.0. The zero-order valence-electron chi connectivity index (χ0n) is 16.1. The molecular weight excluding hydrogens is 366 g/mol. The minimum absolute atomic E-state index is 0.211. The monoisotopic (exact) mass is 387 g/mol. The van der Waals surface area contributed by atoms with E-state index in [2.05, 4.69) is 26.1 Å². The van der Waals surface area contributed by atoms with E-state index in [1.807, 2.05) is 30.3 Å². The van der Waals surface area contributed by atoms with Crippen LogP contribution in [0.15, 0.2) is 52.9 Å². The first-order valence-corrected chi connectivity index (χ1v) is 9.88. The second-order valence-corrected chi connectivity index (χ2v) is 7.39. The number of rotatable bonds is 4. The van der Waals surface area contributed by atoms with E-state index < -0.39 is 0 Å².